The predicted octanol–water partition coefficient (Wildman–Crippen LogP) is 2.47. The molecule has 1 saturated heterocycles. The fourth-order valence-corrected chi connectivity index (χ4v) is 5.39. The Kier molecular flexibility index (Phi) is 6.71. The number of ketones is 1. The molecule has 9 nitrogen and oxygen atoms in total. The molecular weight excluding hydrogens is 476 g/mol. The molecule has 0 amide bonds. The van der Waals surface area contributed by atoms with Gasteiger partial charge in [0.15, 0.2) is 11.3 Å². The van der Waals surface area contributed by atoms with Gasteiger partial charge in [-0.15, -0.1) is 6.58 Å². The van der Waals surface area contributed by atoms with Crippen LogP contribution in [0.1, 0.15) is 28.8 Å². The van der Waals surface area contributed by atoms with Crippen molar-refractivity contribution in [3.8, 4) is 0 Å². The summed E-state index contributed by atoms with van der Waals surface area (Å²) in [7, 11) is 0. The Balaban J connectivity index is 1.72. The van der Waals surface area contributed by atoms with Gasteiger partial charge in [-0.05, 0) is 35.2 Å². The molecule has 0 aliphatic carbocycles. The third-order valence-electron chi connectivity index (χ3n) is 6.47. The Hall–Kier alpha value is -3.76. The molecule has 10 heteroatoms. The first kappa shape index (κ1) is 24.0. The molecule has 1 aliphatic heterocycles. The Morgan fingerprint density at radius 1 is 1.17 bits per heavy atom. The van der Waals surface area contributed by atoms with E-state index >= 15 is 0 Å². The third-order valence-corrected chi connectivity index (χ3v) is 7.20. The van der Waals surface area contributed by atoms with Crippen molar-refractivity contribution in [2.24, 2.45) is 5.73 Å². The second kappa shape index (κ2) is 10.1. The molecule has 0 radical (unpaired) electrons. The van der Waals surface area contributed by atoms with E-state index in [0.717, 1.165) is 24.9 Å². The van der Waals surface area contributed by atoms with Crippen LogP contribution in [0.5, 0.6) is 0 Å². The highest BCUT2D eigenvalue weighted by atomic mass is 32.1. The highest BCUT2D eigenvalue weighted by molar-refractivity contribution is 7.07. The molecule has 2 N–H and O–H groups in total. The second-order valence-corrected chi connectivity index (χ2v) is 9.78. The van der Waals surface area contributed by atoms with Crippen LogP contribution in [-0.2, 0) is 19.6 Å². The lowest BCUT2D eigenvalue weighted by Gasteiger charge is -2.31. The monoisotopic (exact) mass is 504 g/mol. The summed E-state index contributed by atoms with van der Waals surface area (Å²) < 4.78 is 4.28. The lowest BCUT2D eigenvalue weighted by Crippen LogP contribution is -2.44. The molecule has 1 unspecified atom stereocenters. The number of imidazole rings is 1. The molecular formula is C26H28N6O3S. The molecule has 186 valence electrons. The minimum Gasteiger partial charge on any atom is -0.341 e. The molecule has 1 aliphatic rings. The van der Waals surface area contributed by atoms with Gasteiger partial charge in [-0.25, -0.2) is 14.3 Å². The molecule has 1 aromatic carbocycles. The lowest BCUT2D eigenvalue weighted by molar-refractivity contribution is 0.0959. The largest absolute Gasteiger partial charge is 0.341 e. The quantitative estimate of drug-likeness (QED) is 0.292. The maximum Gasteiger partial charge on any atom is 0.293 e. The number of aromatic nitrogens is 4. The summed E-state index contributed by atoms with van der Waals surface area (Å²) in [6.07, 6.45) is 3.35. The van der Waals surface area contributed by atoms with Crippen LogP contribution < -0.4 is 21.8 Å². The second-order valence-electron chi connectivity index (χ2n) is 9.00. The van der Waals surface area contributed by atoms with Gasteiger partial charge >= 0.3 is 0 Å². The lowest BCUT2D eigenvalue weighted by atomic mass is 10.1. The van der Waals surface area contributed by atoms with Gasteiger partial charge in [-0.1, -0.05) is 36.4 Å². The summed E-state index contributed by atoms with van der Waals surface area (Å²) >= 11 is 1.56. The van der Waals surface area contributed by atoms with Crippen LogP contribution in [0, 0.1) is 0 Å². The van der Waals surface area contributed by atoms with Gasteiger partial charge in [-0.2, -0.15) is 11.3 Å². The first-order valence-corrected chi connectivity index (χ1v) is 12.9. The Labute approximate surface area is 211 Å². The minimum absolute atomic E-state index is 0.00858. The van der Waals surface area contributed by atoms with Crippen LogP contribution in [0.25, 0.3) is 11.0 Å². The van der Waals surface area contributed by atoms with Crippen molar-refractivity contribution < 1.29 is 4.79 Å². The van der Waals surface area contributed by atoms with E-state index in [-0.39, 0.29) is 35.9 Å². The molecule has 1 atom stereocenters. The Bertz CT molecular complexity index is 1520. The Morgan fingerprint density at radius 3 is 2.67 bits per heavy atom. The normalized spacial score (nSPS) is 15.9. The van der Waals surface area contributed by atoms with Gasteiger partial charge in [-0.3, -0.25) is 14.4 Å². The van der Waals surface area contributed by atoms with Crippen LogP contribution >= 0.6 is 11.3 Å². The van der Waals surface area contributed by atoms with Crippen LogP contribution in [0.2, 0.25) is 0 Å². The topological polar surface area (TPSA) is 108 Å². The maximum atomic E-state index is 14.0. The van der Waals surface area contributed by atoms with Crippen molar-refractivity contribution in [2.45, 2.75) is 38.5 Å². The van der Waals surface area contributed by atoms with Crippen LogP contribution in [-0.4, -0.2) is 43.8 Å². The summed E-state index contributed by atoms with van der Waals surface area (Å²) in [4.78, 5) is 47.4. The van der Waals surface area contributed by atoms with Crippen molar-refractivity contribution in [2.75, 3.05) is 18.0 Å². The summed E-state index contributed by atoms with van der Waals surface area (Å²) in [6, 6.07) is 10.7. The number of anilines is 1. The van der Waals surface area contributed by atoms with Crippen molar-refractivity contribution in [3.05, 3.63) is 91.6 Å². The average molecular weight is 505 g/mol. The maximum absolute atomic E-state index is 14.0. The highest BCUT2D eigenvalue weighted by Crippen LogP contribution is 2.24. The molecule has 5 rings (SSSR count). The zero-order valence-electron chi connectivity index (χ0n) is 19.9. The number of piperidine rings is 1. The number of Topliss-reactive ketones (excluding diaryl/α,β-unsaturated/α-hetero) is 1. The van der Waals surface area contributed by atoms with E-state index in [2.05, 4.69) is 11.5 Å². The molecule has 3 aromatic heterocycles. The number of hydrogen-bond acceptors (Lipinski definition) is 7. The van der Waals surface area contributed by atoms with Crippen molar-refractivity contribution in [1.29, 1.82) is 0 Å². The van der Waals surface area contributed by atoms with Gasteiger partial charge in [0.1, 0.15) is 12.1 Å². The van der Waals surface area contributed by atoms with Crippen LogP contribution in [0.4, 0.5) is 5.95 Å². The fraction of sp³-hybridized carbons (Fsp3) is 0.308. The highest BCUT2D eigenvalue weighted by Gasteiger charge is 2.27. The number of nitrogens with zero attached hydrogens (tertiary/aromatic N) is 5. The van der Waals surface area contributed by atoms with Gasteiger partial charge in [0.25, 0.3) is 11.1 Å². The van der Waals surface area contributed by atoms with Gasteiger partial charge in [0, 0.05) is 24.7 Å². The molecule has 1 fully saturated rings. The number of thiophene rings is 1. The number of rotatable bonds is 8. The van der Waals surface area contributed by atoms with E-state index in [1.807, 2.05) is 22.9 Å². The van der Waals surface area contributed by atoms with E-state index in [4.69, 9.17) is 10.7 Å². The Morgan fingerprint density at radius 2 is 1.97 bits per heavy atom. The van der Waals surface area contributed by atoms with Gasteiger partial charge < -0.3 is 15.2 Å². The number of nitrogens with two attached hydrogens (primary N) is 1. The van der Waals surface area contributed by atoms with E-state index in [1.54, 1.807) is 40.2 Å². The predicted molar refractivity (Wildman–Crippen MR) is 142 cm³/mol. The summed E-state index contributed by atoms with van der Waals surface area (Å²) in [6.45, 7) is 5.25. The molecule has 4 aromatic rings. The van der Waals surface area contributed by atoms with Crippen molar-refractivity contribution >= 4 is 34.1 Å². The average Bonchev–Trinajstić information content (AvgIpc) is 3.54. The smallest absolute Gasteiger partial charge is 0.293 e. The molecule has 0 bridgehead atoms. The SMILES string of the molecule is C=CCn1c(=O)c2nc(N3CCCC(N)C3)n(Cc3ccsc3)c2c(=O)n1CC(=O)c1ccccc1. The zero-order chi connectivity index (χ0) is 25.2. The van der Waals surface area contributed by atoms with Gasteiger partial charge in [0.2, 0.25) is 5.95 Å². The zero-order valence-corrected chi connectivity index (χ0v) is 20.7. The number of benzene rings is 1. The molecule has 36 heavy (non-hydrogen) atoms. The van der Waals surface area contributed by atoms with E-state index in [0.29, 0.717) is 24.6 Å². The minimum atomic E-state index is -0.439. The van der Waals surface area contributed by atoms with Crippen LogP contribution in [0.15, 0.2) is 69.4 Å². The summed E-state index contributed by atoms with van der Waals surface area (Å²) in [5.74, 6) is 0.290. The summed E-state index contributed by atoms with van der Waals surface area (Å²) in [5.41, 5.74) is 7.13. The first-order valence-electron chi connectivity index (χ1n) is 11.9. The third kappa shape index (κ3) is 4.45. The van der Waals surface area contributed by atoms with Gasteiger partial charge in [0.05, 0.1) is 13.1 Å². The van der Waals surface area contributed by atoms with Crippen molar-refractivity contribution in [3.63, 3.8) is 0 Å². The number of fused-ring (bicyclic) bond motifs is 1. The number of hydrogen-bond donors (Lipinski definition) is 1. The fourth-order valence-electron chi connectivity index (χ4n) is 4.73. The van der Waals surface area contributed by atoms with E-state index < -0.39 is 11.1 Å². The van der Waals surface area contributed by atoms with Crippen LogP contribution in [0.3, 0.4) is 0 Å². The molecule has 0 saturated carbocycles. The molecule has 4 heterocycles. The molecule has 0 spiro atoms. The standard InChI is InChI=1S/C26H28N6O3S/c1-2-11-31-24(34)22-23(25(35)32(31)16-21(33)19-7-4-3-5-8-19)30(14-18-10-13-36-17-18)26(28-22)29-12-6-9-20(27)15-29/h2-5,7-8,10,13,17,20H,1,6,9,11-12,14-16,27H2. The van der Waals surface area contributed by atoms with E-state index in [9.17, 15) is 14.4 Å². The number of carbonyl (C=O) groups excluding carboxylic acids is 1. The number of allylic oxidation sites excluding steroid dienone is 1. The van der Waals surface area contributed by atoms with Crippen molar-refractivity contribution in [1.82, 2.24) is 18.9 Å². The first-order chi connectivity index (χ1) is 17.5. The van der Waals surface area contributed by atoms with E-state index in [1.165, 1.54) is 15.4 Å². The summed E-state index contributed by atoms with van der Waals surface area (Å²) in [5, 5.41) is 3.98. The number of carbonyl (C=O) groups is 1.